The number of benzene rings is 2. The molecule has 0 bridgehead atoms. The number of nitrogens with one attached hydrogen (secondary N) is 1. The zero-order valence-electron chi connectivity index (χ0n) is 30.8. The Morgan fingerprint density at radius 2 is 1.82 bits per heavy atom. The van der Waals surface area contributed by atoms with Crippen molar-refractivity contribution in [3.63, 3.8) is 0 Å². The van der Waals surface area contributed by atoms with Gasteiger partial charge >= 0.3 is 6.18 Å². The maximum Gasteiger partial charge on any atom is 0.416 e. The van der Waals surface area contributed by atoms with Gasteiger partial charge in [-0.3, -0.25) is 19.3 Å². The number of amides is 2. The molecule has 6 heterocycles. The van der Waals surface area contributed by atoms with Crippen LogP contribution in [0.2, 0.25) is 5.02 Å². The van der Waals surface area contributed by atoms with Crippen LogP contribution < -0.4 is 15.8 Å². The van der Waals surface area contributed by atoms with Gasteiger partial charge in [0.15, 0.2) is 17.3 Å². The predicted molar refractivity (Wildman–Crippen MR) is 198 cm³/mol. The lowest BCUT2D eigenvalue weighted by molar-refractivity contribution is -0.137. The SMILES string of the molecule is CCc1c(N2CCN(C(=O)c3ncnc(C)c3O)CC2)c(=O)n2nc(-c3cc4c(cc3F)C3(CN(C)C3)OC4)nc2n1CC(=O)Nc1ccc(C(F)(F)F)cc1Cl. The molecule has 1 spiro atoms. The average Bonchev–Trinajstić information content (AvgIpc) is 3.76. The molecular formula is C37H35ClF4N10O5. The molecule has 298 valence electrons. The number of piperazine rings is 1. The lowest BCUT2D eigenvalue weighted by Gasteiger charge is -2.45. The van der Waals surface area contributed by atoms with Gasteiger partial charge < -0.3 is 29.5 Å². The number of hydrogen-bond acceptors (Lipinski definition) is 11. The van der Waals surface area contributed by atoms with Crippen molar-refractivity contribution in [3.05, 3.63) is 91.6 Å². The number of fused-ring (bicyclic) bond motifs is 3. The van der Waals surface area contributed by atoms with Crippen LogP contribution >= 0.6 is 11.6 Å². The summed E-state index contributed by atoms with van der Waals surface area (Å²) in [5, 5.41) is 17.1. The van der Waals surface area contributed by atoms with Crippen LogP contribution in [0.3, 0.4) is 0 Å². The summed E-state index contributed by atoms with van der Waals surface area (Å²) in [7, 11) is 1.94. The van der Waals surface area contributed by atoms with Gasteiger partial charge in [-0.1, -0.05) is 18.5 Å². The van der Waals surface area contributed by atoms with Gasteiger partial charge in [-0.05, 0) is 61.9 Å². The van der Waals surface area contributed by atoms with Crippen LogP contribution in [0.25, 0.3) is 17.2 Å². The van der Waals surface area contributed by atoms with Gasteiger partial charge in [0.05, 0.1) is 39.8 Å². The molecule has 2 fully saturated rings. The zero-order chi connectivity index (χ0) is 40.6. The predicted octanol–water partition coefficient (Wildman–Crippen LogP) is 4.01. The molecule has 0 saturated carbocycles. The quantitative estimate of drug-likeness (QED) is 0.229. The van der Waals surface area contributed by atoms with Crippen molar-refractivity contribution in [1.82, 2.24) is 38.9 Å². The molecule has 0 atom stereocenters. The number of nitrogens with zero attached hydrogens (tertiary/aromatic N) is 9. The van der Waals surface area contributed by atoms with E-state index in [0.29, 0.717) is 24.8 Å². The molecule has 3 aliphatic heterocycles. The van der Waals surface area contributed by atoms with Crippen LogP contribution in [0.4, 0.5) is 28.9 Å². The molecule has 57 heavy (non-hydrogen) atoms. The summed E-state index contributed by atoms with van der Waals surface area (Å²) in [4.78, 5) is 59.2. The van der Waals surface area contributed by atoms with Crippen molar-refractivity contribution >= 4 is 40.6 Å². The first-order chi connectivity index (χ1) is 27.1. The van der Waals surface area contributed by atoms with Crippen LogP contribution in [-0.4, -0.2) is 102 Å². The topological polar surface area (TPSA) is 163 Å². The number of anilines is 2. The van der Waals surface area contributed by atoms with E-state index >= 15 is 4.39 Å². The lowest BCUT2D eigenvalue weighted by atomic mass is 9.85. The number of aromatic nitrogens is 6. The van der Waals surface area contributed by atoms with Crippen LogP contribution in [0.1, 0.15) is 45.5 Å². The van der Waals surface area contributed by atoms with E-state index < -0.39 is 47.1 Å². The number of carbonyl (C=O) groups is 2. The van der Waals surface area contributed by atoms with E-state index in [0.717, 1.165) is 27.8 Å². The normalized spacial score (nSPS) is 16.6. The Kier molecular flexibility index (Phi) is 9.43. The molecule has 15 nitrogen and oxygen atoms in total. The van der Waals surface area contributed by atoms with Gasteiger partial charge in [0.25, 0.3) is 11.5 Å². The van der Waals surface area contributed by atoms with E-state index in [2.05, 4.69) is 30.3 Å². The molecule has 20 heteroatoms. The van der Waals surface area contributed by atoms with Crippen LogP contribution in [0.5, 0.6) is 5.75 Å². The van der Waals surface area contributed by atoms with Gasteiger partial charge in [-0.25, -0.2) is 14.4 Å². The van der Waals surface area contributed by atoms with E-state index in [1.54, 1.807) is 24.8 Å². The zero-order valence-corrected chi connectivity index (χ0v) is 31.6. The molecule has 0 unspecified atom stereocenters. The minimum Gasteiger partial charge on any atom is -0.504 e. The van der Waals surface area contributed by atoms with E-state index in [4.69, 9.17) is 16.3 Å². The second kappa shape index (κ2) is 14.1. The Morgan fingerprint density at radius 3 is 2.49 bits per heavy atom. The summed E-state index contributed by atoms with van der Waals surface area (Å²) in [5.74, 6) is -2.38. The molecule has 2 aromatic carbocycles. The third-order valence-electron chi connectivity index (χ3n) is 10.6. The van der Waals surface area contributed by atoms with E-state index in [1.165, 1.54) is 21.9 Å². The monoisotopic (exact) mass is 810 g/mol. The van der Waals surface area contributed by atoms with Crippen molar-refractivity contribution in [2.24, 2.45) is 0 Å². The number of aryl methyl sites for hydroxylation is 1. The number of ether oxygens (including phenoxy) is 1. The molecule has 0 aliphatic carbocycles. The second-order valence-electron chi connectivity index (χ2n) is 14.3. The fourth-order valence-electron chi connectivity index (χ4n) is 7.79. The molecule has 5 aromatic rings. The fourth-order valence-corrected chi connectivity index (χ4v) is 8.02. The maximum absolute atomic E-state index is 16.0. The van der Waals surface area contributed by atoms with Gasteiger partial charge in [0, 0.05) is 39.3 Å². The molecule has 3 aliphatic rings. The van der Waals surface area contributed by atoms with Gasteiger partial charge in [0.1, 0.15) is 30.0 Å². The number of halogens is 5. The Balaban J connectivity index is 1.17. The summed E-state index contributed by atoms with van der Waals surface area (Å²) >= 11 is 6.15. The summed E-state index contributed by atoms with van der Waals surface area (Å²) in [6, 6.07) is 5.55. The van der Waals surface area contributed by atoms with Crippen LogP contribution in [-0.2, 0) is 40.9 Å². The van der Waals surface area contributed by atoms with E-state index in [-0.39, 0.29) is 89.9 Å². The highest BCUT2D eigenvalue weighted by Gasteiger charge is 2.49. The van der Waals surface area contributed by atoms with Gasteiger partial charge in [0.2, 0.25) is 11.7 Å². The standard InChI is InChI=1S/C37H35ClF4N10O5/c1-4-27-30(49-7-9-50(10-8-49)33(55)29-31(54)19(2)43-18-44-29)34(56)52-35(51(27)14-28(53)45-26-6-5-21(12-24(26)38)37(40,41)42)46-32(47-52)22-11-20-15-57-36(16-48(3)17-36)23(20)13-25(22)39/h5-6,11-13,18,54H,4,7-10,14-17H2,1-3H3,(H,45,53). The first kappa shape index (κ1) is 38.2. The Labute approximate surface area is 326 Å². The van der Waals surface area contributed by atoms with Crippen LogP contribution in [0, 0.1) is 12.7 Å². The van der Waals surface area contributed by atoms with Crippen molar-refractivity contribution in [1.29, 1.82) is 0 Å². The first-order valence-electron chi connectivity index (χ1n) is 18.0. The molecule has 0 radical (unpaired) electrons. The number of hydrogen-bond donors (Lipinski definition) is 2. The Bertz CT molecular complexity index is 2530. The number of rotatable bonds is 7. The van der Waals surface area contributed by atoms with Gasteiger partial charge in [-0.2, -0.15) is 22.7 Å². The summed E-state index contributed by atoms with van der Waals surface area (Å²) in [6.45, 7) is 4.89. The van der Waals surface area contributed by atoms with Crippen molar-refractivity contribution < 1.29 is 37.0 Å². The summed E-state index contributed by atoms with van der Waals surface area (Å²) in [6.07, 6.45) is -3.27. The molecule has 3 aromatic heterocycles. The number of alkyl halides is 3. The third-order valence-corrected chi connectivity index (χ3v) is 10.9. The number of likely N-dealkylation sites (N-methyl/N-ethyl adjacent to an activating group) is 1. The smallest absolute Gasteiger partial charge is 0.416 e. The van der Waals surface area contributed by atoms with Crippen molar-refractivity contribution in [2.75, 3.05) is 56.5 Å². The number of carbonyl (C=O) groups excluding carboxylic acids is 2. The molecular weight excluding hydrogens is 776 g/mol. The number of likely N-dealkylation sites (tertiary alicyclic amines) is 1. The first-order valence-corrected chi connectivity index (χ1v) is 18.4. The van der Waals surface area contributed by atoms with E-state index in [1.807, 2.05) is 7.05 Å². The van der Waals surface area contributed by atoms with E-state index in [9.17, 15) is 32.7 Å². The highest BCUT2D eigenvalue weighted by Crippen LogP contribution is 2.44. The number of aromatic hydroxyl groups is 1. The second-order valence-corrected chi connectivity index (χ2v) is 14.7. The maximum atomic E-state index is 16.0. The molecule has 8 rings (SSSR count). The van der Waals surface area contributed by atoms with Crippen molar-refractivity contribution in [3.8, 4) is 17.1 Å². The summed E-state index contributed by atoms with van der Waals surface area (Å²) < 4.78 is 64.4. The molecule has 2 saturated heterocycles. The molecule has 2 N–H and O–H groups in total. The molecule has 2 amide bonds. The summed E-state index contributed by atoms with van der Waals surface area (Å²) in [5.41, 5.74) is -0.132. The minimum atomic E-state index is -4.65. The highest BCUT2D eigenvalue weighted by atomic mass is 35.5. The third kappa shape index (κ3) is 6.62. The fraction of sp³-hybridized carbons (Fsp3) is 0.378. The van der Waals surface area contributed by atoms with Crippen LogP contribution in [0.15, 0.2) is 41.5 Å². The Hall–Kier alpha value is -5.66. The Morgan fingerprint density at radius 1 is 1.09 bits per heavy atom. The average molecular weight is 811 g/mol. The largest absolute Gasteiger partial charge is 0.504 e. The highest BCUT2D eigenvalue weighted by molar-refractivity contribution is 6.33. The minimum absolute atomic E-state index is 0.0210. The lowest BCUT2D eigenvalue weighted by Crippen LogP contribution is -2.57. The van der Waals surface area contributed by atoms with Crippen molar-refractivity contribution in [2.45, 2.75) is 45.2 Å². The van der Waals surface area contributed by atoms with Gasteiger partial charge in [-0.15, -0.1) is 5.10 Å².